The molecule has 9 rings (SSSR count). The molecule has 1 aromatic heterocycles. The minimum Gasteiger partial charge on any atom is -0.241 e. The molecule has 0 atom stereocenters. The van der Waals surface area contributed by atoms with Gasteiger partial charge in [-0.2, -0.15) is 13.1 Å². The monoisotopic (exact) mass is 584 g/mol. The Morgan fingerprint density at radius 3 is 1.22 bits per heavy atom. The van der Waals surface area contributed by atoms with Crippen molar-refractivity contribution >= 4 is 65.2 Å². The maximum atomic E-state index is 7.61. The molecule has 0 radical (unpaired) electrons. The van der Waals surface area contributed by atoms with Crippen LogP contribution in [0.25, 0.3) is 97.3 Å². The van der Waals surface area contributed by atoms with E-state index in [0.717, 1.165) is 54.6 Å². The number of hydrogen-bond donors (Lipinski definition) is 0. The van der Waals surface area contributed by atoms with Gasteiger partial charge in [0.05, 0.1) is 21.2 Å². The first-order valence-electron chi connectivity index (χ1n) is 14.8. The van der Waals surface area contributed by atoms with Crippen molar-refractivity contribution in [1.29, 1.82) is 0 Å². The van der Waals surface area contributed by atoms with Crippen molar-refractivity contribution in [3.05, 3.63) is 155 Å². The number of nitrogens with zero attached hydrogens (tertiary/aromatic N) is 6. The summed E-state index contributed by atoms with van der Waals surface area (Å²) in [4.78, 5) is 17.0. The van der Waals surface area contributed by atoms with E-state index in [-0.39, 0.29) is 0 Å². The Kier molecular flexibility index (Phi) is 5.53. The molecule has 6 heteroatoms. The SMILES string of the molecule is [C-]#[N+]/N=c1/c2cc(-c3ccc4ccccc4c3)ccc2c2nc3/c(=N/[N+]#[C-])c4cc(-c5ccc6ccccc6c5)ccc4c3nc12. The van der Waals surface area contributed by atoms with E-state index in [1.807, 2.05) is 36.4 Å². The Hall–Kier alpha value is -6.76. The van der Waals surface area contributed by atoms with Gasteiger partial charge >= 0.3 is 0 Å². The lowest BCUT2D eigenvalue weighted by molar-refractivity contribution is 1.34. The third kappa shape index (κ3) is 3.81. The van der Waals surface area contributed by atoms with Gasteiger partial charge in [0.25, 0.3) is 0 Å². The third-order valence-electron chi connectivity index (χ3n) is 8.87. The van der Waals surface area contributed by atoms with Crippen molar-refractivity contribution in [2.24, 2.45) is 10.2 Å². The van der Waals surface area contributed by atoms with E-state index in [0.29, 0.717) is 32.8 Å². The predicted molar refractivity (Wildman–Crippen MR) is 185 cm³/mol. The van der Waals surface area contributed by atoms with Crippen LogP contribution in [0.3, 0.4) is 0 Å². The van der Waals surface area contributed by atoms with E-state index in [9.17, 15) is 0 Å². The Morgan fingerprint density at radius 1 is 0.391 bits per heavy atom. The topological polar surface area (TPSA) is 59.2 Å². The molecular weight excluding hydrogens is 564 g/mol. The Balaban J connectivity index is 1.29. The van der Waals surface area contributed by atoms with E-state index in [1.54, 1.807) is 0 Å². The Bertz CT molecular complexity index is 2750. The van der Waals surface area contributed by atoms with Crippen molar-refractivity contribution < 1.29 is 0 Å². The summed E-state index contributed by atoms with van der Waals surface area (Å²) in [6, 6.07) is 41.7. The van der Waals surface area contributed by atoms with Crippen LogP contribution in [0.1, 0.15) is 0 Å². The third-order valence-corrected chi connectivity index (χ3v) is 8.87. The fourth-order valence-electron chi connectivity index (χ4n) is 6.69. The molecule has 0 aliphatic carbocycles. The summed E-state index contributed by atoms with van der Waals surface area (Å²) in [5.41, 5.74) is 6.59. The number of aromatic nitrogens is 2. The molecule has 0 aliphatic rings. The van der Waals surface area contributed by atoms with Crippen LogP contribution >= 0.6 is 0 Å². The van der Waals surface area contributed by atoms with Gasteiger partial charge in [-0.15, -0.1) is 9.91 Å². The van der Waals surface area contributed by atoms with E-state index in [4.69, 9.17) is 23.1 Å². The molecular formula is C40H20N6. The average Bonchev–Trinajstić information content (AvgIpc) is 3.57. The molecule has 0 bridgehead atoms. The summed E-state index contributed by atoms with van der Waals surface area (Å²) < 4.78 is 0. The lowest BCUT2D eigenvalue weighted by atomic mass is 10.00. The van der Waals surface area contributed by atoms with Gasteiger partial charge in [-0.05, 0) is 68.1 Å². The van der Waals surface area contributed by atoms with Gasteiger partial charge in [0.15, 0.2) is 10.7 Å². The molecule has 46 heavy (non-hydrogen) atoms. The number of fused-ring (bicyclic) bond motifs is 8. The molecule has 210 valence electrons. The summed E-state index contributed by atoms with van der Waals surface area (Å²) in [6.45, 7) is 15.2. The van der Waals surface area contributed by atoms with Crippen molar-refractivity contribution in [3.8, 4) is 22.3 Å². The average molecular weight is 585 g/mol. The van der Waals surface area contributed by atoms with E-state index in [2.05, 4.69) is 105 Å². The highest BCUT2D eigenvalue weighted by atomic mass is 15.2. The second-order valence-electron chi connectivity index (χ2n) is 11.4. The maximum absolute atomic E-state index is 7.61. The molecule has 1 heterocycles. The van der Waals surface area contributed by atoms with E-state index >= 15 is 0 Å². The summed E-state index contributed by atoms with van der Waals surface area (Å²) >= 11 is 0. The fourth-order valence-corrected chi connectivity index (χ4v) is 6.69. The molecule has 0 spiro atoms. The van der Waals surface area contributed by atoms with Crippen LogP contribution < -0.4 is 10.7 Å². The molecule has 0 aliphatic heterocycles. The van der Waals surface area contributed by atoms with Crippen LogP contribution in [0.2, 0.25) is 0 Å². The minimum absolute atomic E-state index is 0.503. The van der Waals surface area contributed by atoms with Crippen molar-refractivity contribution in [2.75, 3.05) is 0 Å². The summed E-state index contributed by atoms with van der Waals surface area (Å²) in [7, 11) is 0. The first kappa shape index (κ1) is 25.7. The maximum Gasteiger partial charge on any atom is 0.181 e. The molecule has 0 saturated carbocycles. The summed E-state index contributed by atoms with van der Waals surface area (Å²) in [5, 5.41) is 17.5. The molecule has 0 saturated heterocycles. The van der Waals surface area contributed by atoms with Gasteiger partial charge in [-0.25, -0.2) is 9.97 Å². The number of rotatable bonds is 2. The highest BCUT2D eigenvalue weighted by Gasteiger charge is 2.20. The Morgan fingerprint density at radius 2 is 0.783 bits per heavy atom. The Labute approximate surface area is 262 Å². The zero-order chi connectivity index (χ0) is 30.8. The highest BCUT2D eigenvalue weighted by molar-refractivity contribution is 6.15. The van der Waals surface area contributed by atoms with Crippen LogP contribution in [-0.2, 0) is 0 Å². The second kappa shape index (κ2) is 9.89. The second-order valence-corrected chi connectivity index (χ2v) is 11.4. The van der Waals surface area contributed by atoms with Gasteiger partial charge < -0.3 is 0 Å². The molecule has 0 amide bonds. The lowest BCUT2D eigenvalue weighted by Gasteiger charge is -2.05. The first-order chi connectivity index (χ1) is 22.7. The predicted octanol–water partition coefficient (Wildman–Crippen LogP) is 9.08. The van der Waals surface area contributed by atoms with Crippen molar-refractivity contribution in [2.45, 2.75) is 0 Å². The molecule has 8 aromatic carbocycles. The largest absolute Gasteiger partial charge is 0.241 e. The first-order valence-corrected chi connectivity index (χ1v) is 14.8. The molecule has 0 N–H and O–H groups in total. The zero-order valence-corrected chi connectivity index (χ0v) is 24.2. The van der Waals surface area contributed by atoms with Gasteiger partial charge in [0, 0.05) is 21.5 Å². The molecule has 0 fully saturated rings. The van der Waals surface area contributed by atoms with E-state index in [1.165, 1.54) is 10.8 Å². The van der Waals surface area contributed by atoms with Crippen molar-refractivity contribution in [1.82, 2.24) is 9.97 Å². The molecule has 6 nitrogen and oxygen atoms in total. The summed E-state index contributed by atoms with van der Waals surface area (Å²) in [6.07, 6.45) is 0. The zero-order valence-electron chi connectivity index (χ0n) is 24.2. The van der Waals surface area contributed by atoms with Gasteiger partial charge in [0.1, 0.15) is 11.0 Å². The molecule has 0 unspecified atom stereocenters. The van der Waals surface area contributed by atoms with Crippen LogP contribution in [0.15, 0.2) is 132 Å². The minimum atomic E-state index is 0.503. The van der Waals surface area contributed by atoms with Crippen LogP contribution in [-0.4, -0.2) is 9.97 Å². The number of hydrogen-bond acceptors (Lipinski definition) is 4. The van der Waals surface area contributed by atoms with Gasteiger partial charge in [-0.1, -0.05) is 97.1 Å². The summed E-state index contributed by atoms with van der Waals surface area (Å²) in [5.74, 6) is 0. The smallest absolute Gasteiger partial charge is 0.181 e. The van der Waals surface area contributed by atoms with Crippen LogP contribution in [0.4, 0.5) is 0 Å². The molecule has 9 aromatic rings. The standard InChI is InChI=1S/C40H20N6/c1-41-45-37-33-21-29(27-13-11-23-7-3-5-9-25(23)19-27)15-17-31(33)35-39(37)43-36-32-18-16-30(22-34(32)38(46-42-2)40(36)44-35)28-14-12-24-8-4-6-10-26(24)20-28/h3-22H/b45-37-,46-38+. The highest BCUT2D eigenvalue weighted by Crippen LogP contribution is 2.33. The van der Waals surface area contributed by atoms with Gasteiger partial charge in [0.2, 0.25) is 0 Å². The van der Waals surface area contributed by atoms with Gasteiger partial charge in [-0.3, -0.25) is 0 Å². The van der Waals surface area contributed by atoms with Crippen LogP contribution in [0, 0.1) is 13.1 Å². The van der Waals surface area contributed by atoms with Crippen LogP contribution in [0.5, 0.6) is 0 Å². The fraction of sp³-hybridized carbons (Fsp3) is 0. The lowest BCUT2D eigenvalue weighted by Crippen LogP contribution is -2.02. The van der Waals surface area contributed by atoms with E-state index < -0.39 is 0 Å². The number of benzene rings is 6. The van der Waals surface area contributed by atoms with Crippen molar-refractivity contribution in [3.63, 3.8) is 0 Å². The normalized spacial score (nSPS) is 12.6. The quantitative estimate of drug-likeness (QED) is 0.150.